The van der Waals surface area contributed by atoms with Gasteiger partial charge in [0, 0.05) is 0 Å². The summed E-state index contributed by atoms with van der Waals surface area (Å²) in [4.78, 5) is 0. The van der Waals surface area contributed by atoms with Crippen LogP contribution >= 0.6 is 0 Å². The zero-order chi connectivity index (χ0) is 11.0. The SMILES string of the molecule is CCC(N)c1cc2c(F)ccc(C)c2o1. The van der Waals surface area contributed by atoms with Crippen LogP contribution in [-0.2, 0) is 0 Å². The van der Waals surface area contributed by atoms with E-state index in [0.717, 1.165) is 12.0 Å². The summed E-state index contributed by atoms with van der Waals surface area (Å²) in [5, 5.41) is 0.522. The molecule has 80 valence electrons. The average Bonchev–Trinajstić information content (AvgIpc) is 2.68. The lowest BCUT2D eigenvalue weighted by Crippen LogP contribution is -2.06. The van der Waals surface area contributed by atoms with Crippen LogP contribution < -0.4 is 5.73 Å². The van der Waals surface area contributed by atoms with E-state index in [-0.39, 0.29) is 11.9 Å². The molecule has 0 aliphatic carbocycles. The van der Waals surface area contributed by atoms with Crippen molar-refractivity contribution in [2.24, 2.45) is 5.73 Å². The molecule has 0 aliphatic heterocycles. The third-order valence-corrected chi connectivity index (χ3v) is 2.65. The monoisotopic (exact) mass is 207 g/mol. The normalized spacial score (nSPS) is 13.3. The van der Waals surface area contributed by atoms with Crippen LogP contribution in [-0.4, -0.2) is 0 Å². The Morgan fingerprint density at radius 1 is 1.47 bits per heavy atom. The van der Waals surface area contributed by atoms with Crippen molar-refractivity contribution in [1.82, 2.24) is 0 Å². The lowest BCUT2D eigenvalue weighted by molar-refractivity contribution is 0.487. The van der Waals surface area contributed by atoms with Crippen LogP contribution in [0.1, 0.15) is 30.7 Å². The molecule has 0 fully saturated rings. The van der Waals surface area contributed by atoms with Crippen LogP contribution in [0.15, 0.2) is 22.6 Å². The number of furan rings is 1. The quantitative estimate of drug-likeness (QED) is 0.820. The summed E-state index contributed by atoms with van der Waals surface area (Å²) in [5.41, 5.74) is 7.38. The Balaban J connectivity index is 2.64. The van der Waals surface area contributed by atoms with E-state index in [9.17, 15) is 4.39 Å². The Labute approximate surface area is 87.9 Å². The summed E-state index contributed by atoms with van der Waals surface area (Å²) in [6, 6.07) is 4.71. The fraction of sp³-hybridized carbons (Fsp3) is 0.333. The highest BCUT2D eigenvalue weighted by molar-refractivity contribution is 5.81. The molecular formula is C12H14FNO. The van der Waals surface area contributed by atoms with Gasteiger partial charge in [-0.3, -0.25) is 0 Å². The van der Waals surface area contributed by atoms with Gasteiger partial charge in [-0.05, 0) is 31.0 Å². The number of hydrogen-bond acceptors (Lipinski definition) is 2. The summed E-state index contributed by atoms with van der Waals surface area (Å²) in [6.07, 6.45) is 0.778. The molecule has 1 aromatic heterocycles. The summed E-state index contributed by atoms with van der Waals surface area (Å²) >= 11 is 0. The molecule has 0 radical (unpaired) electrons. The largest absolute Gasteiger partial charge is 0.459 e. The van der Waals surface area contributed by atoms with Crippen molar-refractivity contribution >= 4 is 11.0 Å². The van der Waals surface area contributed by atoms with E-state index in [1.54, 1.807) is 12.1 Å². The number of nitrogens with two attached hydrogens (primary N) is 1. The fourth-order valence-corrected chi connectivity index (χ4v) is 1.63. The summed E-state index contributed by atoms with van der Waals surface area (Å²) < 4.78 is 19.0. The van der Waals surface area contributed by atoms with Crippen LogP contribution in [0.3, 0.4) is 0 Å². The Morgan fingerprint density at radius 2 is 2.20 bits per heavy atom. The van der Waals surface area contributed by atoms with E-state index < -0.39 is 0 Å². The first-order chi connectivity index (χ1) is 7.13. The molecule has 2 N–H and O–H groups in total. The van der Waals surface area contributed by atoms with Gasteiger partial charge in [-0.2, -0.15) is 0 Å². The van der Waals surface area contributed by atoms with Gasteiger partial charge in [0.25, 0.3) is 0 Å². The molecule has 0 spiro atoms. The van der Waals surface area contributed by atoms with Crippen molar-refractivity contribution in [3.63, 3.8) is 0 Å². The third-order valence-electron chi connectivity index (χ3n) is 2.65. The average molecular weight is 207 g/mol. The molecule has 0 bridgehead atoms. The standard InChI is InChI=1S/C12H14FNO/c1-3-10(14)11-6-8-9(13)5-4-7(2)12(8)15-11/h4-6,10H,3,14H2,1-2H3. The molecule has 15 heavy (non-hydrogen) atoms. The molecule has 0 aliphatic rings. The van der Waals surface area contributed by atoms with Gasteiger partial charge in [0.05, 0.1) is 11.4 Å². The molecule has 3 heteroatoms. The van der Waals surface area contributed by atoms with E-state index >= 15 is 0 Å². The first-order valence-electron chi connectivity index (χ1n) is 5.07. The number of hydrogen-bond donors (Lipinski definition) is 1. The Hall–Kier alpha value is -1.35. The van der Waals surface area contributed by atoms with Gasteiger partial charge in [-0.1, -0.05) is 13.0 Å². The van der Waals surface area contributed by atoms with Crippen LogP contribution in [0.2, 0.25) is 0 Å². The lowest BCUT2D eigenvalue weighted by atomic mass is 10.1. The lowest BCUT2D eigenvalue weighted by Gasteiger charge is -2.02. The first kappa shape index (κ1) is 10.2. The molecule has 0 saturated heterocycles. The highest BCUT2D eigenvalue weighted by Crippen LogP contribution is 2.28. The molecule has 0 saturated carbocycles. The molecule has 0 amide bonds. The van der Waals surface area contributed by atoms with Gasteiger partial charge < -0.3 is 10.2 Å². The molecule has 2 rings (SSSR count). The maximum atomic E-state index is 13.4. The molecule has 2 aromatic rings. The number of benzene rings is 1. The van der Waals surface area contributed by atoms with Crippen molar-refractivity contribution in [1.29, 1.82) is 0 Å². The van der Waals surface area contributed by atoms with Crippen molar-refractivity contribution < 1.29 is 8.81 Å². The minimum Gasteiger partial charge on any atom is -0.459 e. The molecule has 1 unspecified atom stereocenters. The van der Waals surface area contributed by atoms with Gasteiger partial charge in [0.1, 0.15) is 17.2 Å². The van der Waals surface area contributed by atoms with Crippen molar-refractivity contribution in [2.75, 3.05) is 0 Å². The van der Waals surface area contributed by atoms with Crippen LogP contribution in [0.25, 0.3) is 11.0 Å². The number of aryl methyl sites for hydroxylation is 1. The molecular weight excluding hydrogens is 193 g/mol. The second kappa shape index (κ2) is 3.66. The van der Waals surface area contributed by atoms with Crippen LogP contribution in [0, 0.1) is 12.7 Å². The third kappa shape index (κ3) is 1.63. The van der Waals surface area contributed by atoms with E-state index in [4.69, 9.17) is 10.2 Å². The molecule has 1 aromatic carbocycles. The van der Waals surface area contributed by atoms with Crippen LogP contribution in [0.5, 0.6) is 0 Å². The molecule has 2 nitrogen and oxygen atoms in total. The summed E-state index contributed by atoms with van der Waals surface area (Å²) in [7, 11) is 0. The van der Waals surface area contributed by atoms with Gasteiger partial charge >= 0.3 is 0 Å². The second-order valence-corrected chi connectivity index (χ2v) is 3.77. The zero-order valence-electron chi connectivity index (χ0n) is 8.88. The number of halogens is 1. The highest BCUT2D eigenvalue weighted by atomic mass is 19.1. The minimum atomic E-state index is -0.256. The van der Waals surface area contributed by atoms with Gasteiger partial charge in [0.2, 0.25) is 0 Å². The highest BCUT2D eigenvalue weighted by Gasteiger charge is 2.13. The van der Waals surface area contributed by atoms with Crippen molar-refractivity contribution in [2.45, 2.75) is 26.3 Å². The van der Waals surface area contributed by atoms with E-state index in [1.807, 2.05) is 13.8 Å². The van der Waals surface area contributed by atoms with E-state index in [2.05, 4.69) is 0 Å². The number of fused-ring (bicyclic) bond motifs is 1. The molecule has 1 heterocycles. The zero-order valence-corrected chi connectivity index (χ0v) is 8.88. The number of rotatable bonds is 2. The van der Waals surface area contributed by atoms with Gasteiger partial charge in [0.15, 0.2) is 0 Å². The minimum absolute atomic E-state index is 0.156. The van der Waals surface area contributed by atoms with Gasteiger partial charge in [-0.25, -0.2) is 4.39 Å². The smallest absolute Gasteiger partial charge is 0.140 e. The Kier molecular flexibility index (Phi) is 2.49. The summed E-state index contributed by atoms with van der Waals surface area (Å²) in [6.45, 7) is 3.87. The van der Waals surface area contributed by atoms with Crippen LogP contribution in [0.4, 0.5) is 4.39 Å². The van der Waals surface area contributed by atoms with Crippen molar-refractivity contribution in [3.8, 4) is 0 Å². The predicted molar refractivity (Wildman–Crippen MR) is 58.1 cm³/mol. The van der Waals surface area contributed by atoms with Crippen molar-refractivity contribution in [3.05, 3.63) is 35.3 Å². The van der Waals surface area contributed by atoms with Gasteiger partial charge in [-0.15, -0.1) is 0 Å². The second-order valence-electron chi connectivity index (χ2n) is 3.77. The Bertz CT molecular complexity index is 451. The maximum absolute atomic E-state index is 13.4. The first-order valence-corrected chi connectivity index (χ1v) is 5.07. The fourth-order valence-electron chi connectivity index (χ4n) is 1.63. The Morgan fingerprint density at radius 3 is 2.80 bits per heavy atom. The molecule has 1 atom stereocenters. The maximum Gasteiger partial charge on any atom is 0.140 e. The predicted octanol–water partition coefficient (Wildman–Crippen LogP) is 3.29. The summed E-state index contributed by atoms with van der Waals surface area (Å²) in [5.74, 6) is 0.398. The van der Waals surface area contributed by atoms with E-state index in [1.165, 1.54) is 6.07 Å². The van der Waals surface area contributed by atoms with E-state index in [0.29, 0.717) is 16.7 Å². The topological polar surface area (TPSA) is 39.2 Å².